The van der Waals surface area contributed by atoms with Gasteiger partial charge in [0.15, 0.2) is 0 Å². The Hall–Kier alpha value is 0.160. The van der Waals surface area contributed by atoms with Gasteiger partial charge in [-0.3, -0.25) is 0 Å². The third-order valence-corrected chi connectivity index (χ3v) is 3.36. The van der Waals surface area contributed by atoms with Crippen LogP contribution in [0.15, 0.2) is 18.2 Å². The lowest BCUT2D eigenvalue weighted by atomic mass is 10.1. The van der Waals surface area contributed by atoms with Crippen LogP contribution in [0.2, 0.25) is 5.02 Å². The average Bonchev–Trinajstić information content (AvgIpc) is 2.22. The van der Waals surface area contributed by atoms with Crippen LogP contribution in [0.25, 0.3) is 0 Å². The third-order valence-electron chi connectivity index (χ3n) is 2.14. The number of methoxy groups -OCH3 is 1. The zero-order valence-electron chi connectivity index (χ0n) is 8.54. The lowest BCUT2D eigenvalue weighted by Crippen LogP contribution is -2.02. The smallest absolute Gasteiger partial charge is 0.0801 e. The molecule has 84 valence electrons. The fourth-order valence-electron chi connectivity index (χ4n) is 1.35. The fourth-order valence-corrected chi connectivity index (χ4v) is 2.22. The second-order valence-electron chi connectivity index (χ2n) is 3.32. The molecule has 2 nitrogen and oxygen atoms in total. The number of hydrogen-bond acceptors (Lipinski definition) is 2. The van der Waals surface area contributed by atoms with Crippen LogP contribution in [0.1, 0.15) is 24.5 Å². The van der Waals surface area contributed by atoms with Crippen molar-refractivity contribution in [1.82, 2.24) is 0 Å². The molecule has 1 aromatic rings. The first-order chi connectivity index (χ1) is 7.15. The zero-order chi connectivity index (χ0) is 11.3. The summed E-state index contributed by atoms with van der Waals surface area (Å²) in [6, 6.07) is 5.56. The van der Waals surface area contributed by atoms with Crippen LogP contribution in [0.5, 0.6) is 0 Å². The Kier molecular flexibility index (Phi) is 5.89. The Bertz CT molecular complexity index is 317. The summed E-state index contributed by atoms with van der Waals surface area (Å²) < 4.78 is 5.99. The predicted molar refractivity (Wildman–Crippen MR) is 70.2 cm³/mol. The van der Waals surface area contributed by atoms with Crippen molar-refractivity contribution < 1.29 is 9.84 Å². The van der Waals surface area contributed by atoms with Gasteiger partial charge in [-0.25, -0.2) is 0 Å². The molecule has 1 rings (SSSR count). The molecule has 0 amide bonds. The van der Waals surface area contributed by atoms with E-state index < -0.39 is 6.10 Å². The fraction of sp³-hybridized carbons (Fsp3) is 0.455. The van der Waals surface area contributed by atoms with E-state index in [0.717, 1.165) is 15.6 Å². The molecule has 1 aromatic carbocycles. The Balaban J connectivity index is 2.64. The largest absolute Gasteiger partial charge is 0.388 e. The van der Waals surface area contributed by atoms with Gasteiger partial charge in [0, 0.05) is 22.3 Å². The van der Waals surface area contributed by atoms with Crippen LogP contribution in [0, 0.1) is 3.57 Å². The van der Waals surface area contributed by atoms with Crippen molar-refractivity contribution in [2.45, 2.75) is 18.9 Å². The van der Waals surface area contributed by atoms with Gasteiger partial charge < -0.3 is 9.84 Å². The van der Waals surface area contributed by atoms with Crippen molar-refractivity contribution in [3.63, 3.8) is 0 Å². The van der Waals surface area contributed by atoms with E-state index >= 15 is 0 Å². The van der Waals surface area contributed by atoms with Crippen molar-refractivity contribution in [3.05, 3.63) is 32.4 Å². The average molecular weight is 341 g/mol. The molecule has 0 spiro atoms. The number of aliphatic hydroxyl groups is 1. The maximum Gasteiger partial charge on any atom is 0.0801 e. The first-order valence-corrected chi connectivity index (χ1v) is 6.22. The van der Waals surface area contributed by atoms with Crippen LogP contribution in [-0.4, -0.2) is 18.8 Å². The van der Waals surface area contributed by atoms with Crippen LogP contribution < -0.4 is 0 Å². The van der Waals surface area contributed by atoms with Crippen LogP contribution >= 0.6 is 34.2 Å². The van der Waals surface area contributed by atoms with E-state index in [1.54, 1.807) is 7.11 Å². The highest BCUT2D eigenvalue weighted by Gasteiger charge is 2.11. The third kappa shape index (κ3) is 4.26. The van der Waals surface area contributed by atoms with Crippen LogP contribution in [0.4, 0.5) is 0 Å². The minimum absolute atomic E-state index is 0.453. The monoisotopic (exact) mass is 340 g/mol. The van der Waals surface area contributed by atoms with Crippen molar-refractivity contribution in [2.75, 3.05) is 13.7 Å². The molecule has 0 fully saturated rings. The molecule has 0 saturated carbocycles. The molecular weight excluding hydrogens is 326 g/mol. The minimum Gasteiger partial charge on any atom is -0.388 e. The summed E-state index contributed by atoms with van der Waals surface area (Å²) in [7, 11) is 1.66. The maximum atomic E-state index is 9.93. The van der Waals surface area contributed by atoms with E-state index in [0.29, 0.717) is 18.1 Å². The van der Waals surface area contributed by atoms with Gasteiger partial charge in [0.2, 0.25) is 0 Å². The standard InChI is InChI=1S/C11H14ClIO2/c1-15-6-2-3-11(14)9-7-8(12)4-5-10(9)13/h4-5,7,11,14H,2-3,6H2,1H3. The molecule has 4 heteroatoms. The molecule has 15 heavy (non-hydrogen) atoms. The highest BCUT2D eigenvalue weighted by molar-refractivity contribution is 14.1. The normalized spacial score (nSPS) is 12.8. The number of aliphatic hydroxyl groups excluding tert-OH is 1. The summed E-state index contributed by atoms with van der Waals surface area (Å²) in [4.78, 5) is 0. The number of rotatable bonds is 5. The number of benzene rings is 1. The predicted octanol–water partition coefficient (Wildman–Crippen LogP) is 3.40. The highest BCUT2D eigenvalue weighted by Crippen LogP contribution is 2.26. The van der Waals surface area contributed by atoms with Gasteiger partial charge in [-0.05, 0) is 59.2 Å². The minimum atomic E-state index is -0.453. The molecule has 0 radical (unpaired) electrons. The number of halogens is 2. The number of hydrogen-bond donors (Lipinski definition) is 1. The molecule has 0 aliphatic heterocycles. The van der Waals surface area contributed by atoms with Gasteiger partial charge >= 0.3 is 0 Å². The lowest BCUT2D eigenvalue weighted by molar-refractivity contribution is 0.135. The van der Waals surface area contributed by atoms with Crippen LogP contribution in [0.3, 0.4) is 0 Å². The Morgan fingerprint density at radius 3 is 2.93 bits per heavy atom. The molecule has 0 bridgehead atoms. The molecule has 1 atom stereocenters. The first-order valence-electron chi connectivity index (χ1n) is 4.77. The van der Waals surface area contributed by atoms with Crippen LogP contribution in [-0.2, 0) is 4.74 Å². The van der Waals surface area contributed by atoms with Gasteiger partial charge in [-0.2, -0.15) is 0 Å². The molecule has 1 N–H and O–H groups in total. The van der Waals surface area contributed by atoms with E-state index in [4.69, 9.17) is 16.3 Å². The van der Waals surface area contributed by atoms with Crippen molar-refractivity contribution in [3.8, 4) is 0 Å². The van der Waals surface area contributed by atoms with E-state index in [-0.39, 0.29) is 0 Å². The summed E-state index contributed by atoms with van der Waals surface area (Å²) in [5.41, 5.74) is 0.902. The molecule has 0 aliphatic carbocycles. The van der Waals surface area contributed by atoms with Crippen molar-refractivity contribution in [2.24, 2.45) is 0 Å². The Labute approximate surface area is 109 Å². The van der Waals surface area contributed by atoms with Gasteiger partial charge in [0.1, 0.15) is 0 Å². The molecule has 0 aliphatic rings. The summed E-state index contributed by atoms with van der Waals surface area (Å²) in [6.07, 6.45) is 1.09. The van der Waals surface area contributed by atoms with Gasteiger partial charge in [0.05, 0.1) is 6.10 Å². The zero-order valence-corrected chi connectivity index (χ0v) is 11.5. The Morgan fingerprint density at radius 2 is 2.27 bits per heavy atom. The maximum absolute atomic E-state index is 9.93. The summed E-state index contributed by atoms with van der Waals surface area (Å²) in [5, 5.41) is 10.6. The van der Waals surface area contributed by atoms with Gasteiger partial charge in [-0.1, -0.05) is 11.6 Å². The Morgan fingerprint density at radius 1 is 1.53 bits per heavy atom. The summed E-state index contributed by atoms with van der Waals surface area (Å²) in [5.74, 6) is 0. The summed E-state index contributed by atoms with van der Waals surface area (Å²) >= 11 is 8.09. The summed E-state index contributed by atoms with van der Waals surface area (Å²) in [6.45, 7) is 0.675. The van der Waals surface area contributed by atoms with E-state index in [2.05, 4.69) is 22.6 Å². The molecular formula is C11H14ClIO2. The van der Waals surface area contributed by atoms with Crippen molar-refractivity contribution in [1.29, 1.82) is 0 Å². The molecule has 0 heterocycles. The van der Waals surface area contributed by atoms with E-state index in [9.17, 15) is 5.11 Å². The highest BCUT2D eigenvalue weighted by atomic mass is 127. The van der Waals surface area contributed by atoms with Gasteiger partial charge in [0.25, 0.3) is 0 Å². The van der Waals surface area contributed by atoms with Crippen molar-refractivity contribution >= 4 is 34.2 Å². The van der Waals surface area contributed by atoms with E-state index in [1.807, 2.05) is 18.2 Å². The number of ether oxygens (including phenoxy) is 1. The van der Waals surface area contributed by atoms with E-state index in [1.165, 1.54) is 0 Å². The molecule has 0 saturated heterocycles. The second kappa shape index (κ2) is 6.68. The molecule has 1 unspecified atom stereocenters. The first kappa shape index (κ1) is 13.2. The quantitative estimate of drug-likeness (QED) is 0.657. The second-order valence-corrected chi connectivity index (χ2v) is 4.92. The SMILES string of the molecule is COCCCC(O)c1cc(Cl)ccc1I. The topological polar surface area (TPSA) is 29.5 Å². The van der Waals surface area contributed by atoms with Gasteiger partial charge in [-0.15, -0.1) is 0 Å². The lowest BCUT2D eigenvalue weighted by Gasteiger charge is -2.12. The molecule has 0 aromatic heterocycles.